The molecule has 0 heterocycles. The molecule has 126 valence electrons. The number of nitrogens with one attached hydrogen (secondary N) is 1. The molecular formula is C21H31NO. The van der Waals surface area contributed by atoms with Gasteiger partial charge in [-0.3, -0.25) is 4.79 Å². The predicted molar refractivity (Wildman–Crippen MR) is 95.8 cm³/mol. The van der Waals surface area contributed by atoms with Gasteiger partial charge >= 0.3 is 0 Å². The van der Waals surface area contributed by atoms with Crippen molar-refractivity contribution in [1.82, 2.24) is 5.32 Å². The molecule has 0 aliphatic heterocycles. The van der Waals surface area contributed by atoms with Gasteiger partial charge in [-0.2, -0.15) is 0 Å². The van der Waals surface area contributed by atoms with E-state index in [9.17, 15) is 4.79 Å². The first kappa shape index (κ1) is 16.5. The molecule has 1 N–H and O–H groups in total. The van der Waals surface area contributed by atoms with Crippen molar-refractivity contribution < 1.29 is 4.79 Å². The molecule has 0 radical (unpaired) electrons. The van der Waals surface area contributed by atoms with E-state index in [4.69, 9.17) is 0 Å². The second-order valence-corrected chi connectivity index (χ2v) is 7.89. The minimum atomic E-state index is -0.0269. The van der Waals surface area contributed by atoms with Gasteiger partial charge in [0.2, 0.25) is 0 Å². The maximum atomic E-state index is 12.8. The highest BCUT2D eigenvalue weighted by atomic mass is 16.1. The molecule has 0 saturated heterocycles. The van der Waals surface area contributed by atoms with Crippen molar-refractivity contribution in [3.63, 3.8) is 0 Å². The van der Waals surface area contributed by atoms with Gasteiger partial charge in [-0.15, -0.1) is 0 Å². The molecule has 2 saturated carbocycles. The number of hydrogen-bond acceptors (Lipinski definition) is 1. The molecule has 1 aromatic carbocycles. The number of benzene rings is 1. The highest BCUT2D eigenvalue weighted by molar-refractivity contribution is 5.94. The highest BCUT2D eigenvalue weighted by Crippen LogP contribution is 2.34. The van der Waals surface area contributed by atoms with Crippen LogP contribution in [0.15, 0.2) is 24.3 Å². The van der Waals surface area contributed by atoms with Gasteiger partial charge in [0.15, 0.2) is 0 Å². The molecule has 3 rings (SSSR count). The molecule has 0 bridgehead atoms. The summed E-state index contributed by atoms with van der Waals surface area (Å²) in [6, 6.07) is 8.37. The summed E-state index contributed by atoms with van der Waals surface area (Å²) in [5.41, 5.74) is 2.18. The fourth-order valence-corrected chi connectivity index (χ4v) is 4.35. The summed E-state index contributed by atoms with van der Waals surface area (Å²) in [5, 5.41) is 3.36. The first-order chi connectivity index (χ1) is 11.2. The van der Waals surface area contributed by atoms with Gasteiger partial charge in [-0.25, -0.2) is 0 Å². The van der Waals surface area contributed by atoms with Crippen molar-refractivity contribution in [3.05, 3.63) is 35.4 Å². The second kappa shape index (κ2) is 7.51. The number of carbonyl (C=O) groups is 1. The topological polar surface area (TPSA) is 29.1 Å². The van der Waals surface area contributed by atoms with E-state index in [1.165, 1.54) is 63.4 Å². The third-order valence-electron chi connectivity index (χ3n) is 5.85. The third-order valence-corrected chi connectivity index (χ3v) is 5.85. The Balaban J connectivity index is 1.68. The van der Waals surface area contributed by atoms with Gasteiger partial charge < -0.3 is 5.32 Å². The van der Waals surface area contributed by atoms with Crippen LogP contribution in [0.1, 0.15) is 99.4 Å². The maximum Gasteiger partial charge on any atom is 0.251 e. The van der Waals surface area contributed by atoms with Crippen LogP contribution in [-0.2, 0) is 0 Å². The van der Waals surface area contributed by atoms with Crippen molar-refractivity contribution in [3.8, 4) is 0 Å². The summed E-state index contributed by atoms with van der Waals surface area (Å²) < 4.78 is 0. The fourth-order valence-electron chi connectivity index (χ4n) is 4.35. The molecule has 0 atom stereocenters. The molecule has 2 aliphatic carbocycles. The molecule has 2 heteroatoms. The Hall–Kier alpha value is -1.31. The quantitative estimate of drug-likeness (QED) is 0.775. The first-order valence-electron chi connectivity index (χ1n) is 9.59. The Morgan fingerprint density at radius 1 is 1.00 bits per heavy atom. The standard InChI is InChI=1S/C21H31NO/c1-21(14-7-3-2-4-8-15-21)22-20(23)19-13-9-12-18(16-19)17-10-5-6-11-17/h9,12-13,16-17H,2-8,10-11,14-15H2,1H3,(H,22,23). The lowest BCUT2D eigenvalue weighted by Gasteiger charge is -2.33. The maximum absolute atomic E-state index is 12.8. The van der Waals surface area contributed by atoms with E-state index in [0.29, 0.717) is 5.92 Å². The first-order valence-corrected chi connectivity index (χ1v) is 9.59. The number of carbonyl (C=O) groups excluding carboxylic acids is 1. The van der Waals surface area contributed by atoms with E-state index >= 15 is 0 Å². The Bertz CT molecular complexity index is 522. The number of rotatable bonds is 3. The average Bonchev–Trinajstić information content (AvgIpc) is 3.06. The average molecular weight is 313 g/mol. The Morgan fingerprint density at radius 3 is 2.35 bits per heavy atom. The van der Waals surface area contributed by atoms with E-state index in [1.807, 2.05) is 6.07 Å². The van der Waals surface area contributed by atoms with Crippen LogP contribution in [0, 0.1) is 0 Å². The molecule has 2 aliphatic rings. The van der Waals surface area contributed by atoms with Crippen LogP contribution >= 0.6 is 0 Å². The minimum absolute atomic E-state index is 0.0269. The van der Waals surface area contributed by atoms with Crippen LogP contribution in [0.5, 0.6) is 0 Å². The van der Waals surface area contributed by atoms with E-state index in [-0.39, 0.29) is 11.4 Å². The zero-order chi connectivity index (χ0) is 16.1. The molecule has 1 amide bonds. The lowest BCUT2D eigenvalue weighted by molar-refractivity contribution is 0.0890. The molecule has 23 heavy (non-hydrogen) atoms. The molecule has 0 unspecified atom stereocenters. The van der Waals surface area contributed by atoms with Crippen molar-refractivity contribution in [1.29, 1.82) is 0 Å². The molecular weight excluding hydrogens is 282 g/mol. The molecule has 0 aromatic heterocycles. The van der Waals surface area contributed by atoms with Gasteiger partial charge in [0.05, 0.1) is 0 Å². The summed E-state index contributed by atoms with van der Waals surface area (Å²) in [6.07, 6.45) is 13.9. The molecule has 2 nitrogen and oxygen atoms in total. The molecule has 0 spiro atoms. The number of amides is 1. The van der Waals surface area contributed by atoms with E-state index < -0.39 is 0 Å². The van der Waals surface area contributed by atoms with E-state index in [0.717, 1.165) is 18.4 Å². The van der Waals surface area contributed by atoms with Crippen molar-refractivity contribution in [2.24, 2.45) is 0 Å². The van der Waals surface area contributed by atoms with Crippen molar-refractivity contribution in [2.75, 3.05) is 0 Å². The Morgan fingerprint density at radius 2 is 1.65 bits per heavy atom. The highest BCUT2D eigenvalue weighted by Gasteiger charge is 2.27. The second-order valence-electron chi connectivity index (χ2n) is 7.89. The summed E-state index contributed by atoms with van der Waals surface area (Å²) in [6.45, 7) is 2.23. The summed E-state index contributed by atoms with van der Waals surface area (Å²) >= 11 is 0. The van der Waals surface area contributed by atoms with E-state index in [1.54, 1.807) is 0 Å². The fraction of sp³-hybridized carbons (Fsp3) is 0.667. The summed E-state index contributed by atoms with van der Waals surface area (Å²) in [4.78, 5) is 12.8. The predicted octanol–water partition coefficient (Wildman–Crippen LogP) is 5.58. The largest absolute Gasteiger partial charge is 0.347 e. The van der Waals surface area contributed by atoms with Crippen LogP contribution in [0.3, 0.4) is 0 Å². The SMILES string of the molecule is CC1(NC(=O)c2cccc(C3CCCC3)c2)CCCCCCC1. The van der Waals surface area contributed by atoms with Gasteiger partial charge in [0, 0.05) is 11.1 Å². The van der Waals surface area contributed by atoms with Crippen molar-refractivity contribution in [2.45, 2.75) is 89.0 Å². The smallest absolute Gasteiger partial charge is 0.251 e. The molecule has 1 aromatic rings. The zero-order valence-corrected chi connectivity index (χ0v) is 14.6. The van der Waals surface area contributed by atoms with Gasteiger partial charge in [-0.05, 0) is 56.2 Å². The minimum Gasteiger partial charge on any atom is -0.347 e. The van der Waals surface area contributed by atoms with Crippen LogP contribution in [0.4, 0.5) is 0 Å². The third kappa shape index (κ3) is 4.37. The van der Waals surface area contributed by atoms with E-state index in [2.05, 4.69) is 30.4 Å². The van der Waals surface area contributed by atoms with Gasteiger partial charge in [0.25, 0.3) is 5.91 Å². The Labute approximate surface area is 141 Å². The van der Waals surface area contributed by atoms with Gasteiger partial charge in [-0.1, -0.05) is 57.1 Å². The van der Waals surface area contributed by atoms with Crippen LogP contribution < -0.4 is 5.32 Å². The lowest BCUT2D eigenvalue weighted by Crippen LogP contribution is -2.46. The van der Waals surface area contributed by atoms with Crippen molar-refractivity contribution >= 4 is 5.91 Å². The lowest BCUT2D eigenvalue weighted by atomic mass is 9.85. The monoisotopic (exact) mass is 313 g/mol. The summed E-state index contributed by atoms with van der Waals surface area (Å²) in [7, 11) is 0. The van der Waals surface area contributed by atoms with Crippen LogP contribution in [0.25, 0.3) is 0 Å². The van der Waals surface area contributed by atoms with Crippen LogP contribution in [0.2, 0.25) is 0 Å². The zero-order valence-electron chi connectivity index (χ0n) is 14.6. The number of hydrogen-bond donors (Lipinski definition) is 1. The van der Waals surface area contributed by atoms with Gasteiger partial charge in [0.1, 0.15) is 0 Å². The van der Waals surface area contributed by atoms with Crippen LogP contribution in [-0.4, -0.2) is 11.4 Å². The summed E-state index contributed by atoms with van der Waals surface area (Å²) in [5.74, 6) is 0.785. The molecule has 2 fully saturated rings. The Kier molecular flexibility index (Phi) is 5.40. The normalized spacial score (nSPS) is 22.3.